The first-order valence-electron chi connectivity index (χ1n) is 9.13. The number of alkyl halides is 2. The molecule has 0 heterocycles. The SMILES string of the molecule is CC(C)C(C)(OC(=O)c1ccc(F)c(OC2(C)CCCC2)c1)C(F)(F)C(=O)[O-]. The topological polar surface area (TPSA) is 75.7 Å². The molecule has 1 atom stereocenters. The summed E-state index contributed by atoms with van der Waals surface area (Å²) in [6, 6.07) is 3.13. The van der Waals surface area contributed by atoms with E-state index < -0.39 is 40.8 Å². The van der Waals surface area contributed by atoms with Gasteiger partial charge in [-0.05, 0) is 63.6 Å². The van der Waals surface area contributed by atoms with Gasteiger partial charge in [0.25, 0.3) is 0 Å². The minimum atomic E-state index is -4.42. The van der Waals surface area contributed by atoms with E-state index >= 15 is 0 Å². The van der Waals surface area contributed by atoms with Crippen LogP contribution in [0, 0.1) is 11.7 Å². The summed E-state index contributed by atoms with van der Waals surface area (Å²) in [4.78, 5) is 23.4. The summed E-state index contributed by atoms with van der Waals surface area (Å²) in [6.07, 6.45) is 3.32. The number of ether oxygens (including phenoxy) is 2. The van der Waals surface area contributed by atoms with Crippen molar-refractivity contribution in [3.05, 3.63) is 29.6 Å². The Morgan fingerprint density at radius 2 is 1.79 bits per heavy atom. The number of hydrogen-bond donors (Lipinski definition) is 0. The van der Waals surface area contributed by atoms with E-state index in [4.69, 9.17) is 9.47 Å². The van der Waals surface area contributed by atoms with Gasteiger partial charge in [-0.1, -0.05) is 13.8 Å². The van der Waals surface area contributed by atoms with Crippen molar-refractivity contribution in [1.82, 2.24) is 0 Å². The number of carboxylic acids is 1. The van der Waals surface area contributed by atoms with Gasteiger partial charge in [0.2, 0.25) is 0 Å². The van der Waals surface area contributed by atoms with Crippen molar-refractivity contribution in [3.8, 4) is 5.75 Å². The van der Waals surface area contributed by atoms with Crippen molar-refractivity contribution in [3.63, 3.8) is 0 Å². The molecule has 0 N–H and O–H groups in total. The van der Waals surface area contributed by atoms with Gasteiger partial charge in [0.1, 0.15) is 11.6 Å². The van der Waals surface area contributed by atoms with Crippen LogP contribution in [0.1, 0.15) is 63.7 Å². The molecule has 28 heavy (non-hydrogen) atoms. The van der Waals surface area contributed by atoms with Gasteiger partial charge in [-0.15, -0.1) is 0 Å². The molecule has 1 unspecified atom stereocenters. The van der Waals surface area contributed by atoms with Gasteiger partial charge in [-0.25, -0.2) is 9.18 Å². The van der Waals surface area contributed by atoms with Crippen LogP contribution in [0.2, 0.25) is 0 Å². The molecule has 0 aliphatic heterocycles. The Morgan fingerprint density at radius 1 is 1.21 bits per heavy atom. The average molecular weight is 401 g/mol. The molecule has 0 spiro atoms. The van der Waals surface area contributed by atoms with Crippen molar-refractivity contribution >= 4 is 11.9 Å². The van der Waals surface area contributed by atoms with Gasteiger partial charge >= 0.3 is 11.9 Å². The maximum absolute atomic E-state index is 14.2. The molecule has 1 aliphatic carbocycles. The van der Waals surface area contributed by atoms with E-state index in [9.17, 15) is 27.9 Å². The number of carbonyl (C=O) groups is 2. The van der Waals surface area contributed by atoms with Crippen LogP contribution in [0.4, 0.5) is 13.2 Å². The van der Waals surface area contributed by atoms with E-state index in [1.165, 1.54) is 13.8 Å². The highest BCUT2D eigenvalue weighted by Crippen LogP contribution is 2.39. The minimum absolute atomic E-state index is 0.184. The molecule has 5 nitrogen and oxygen atoms in total. The van der Waals surface area contributed by atoms with Gasteiger partial charge in [0.05, 0.1) is 5.56 Å². The number of carbonyl (C=O) groups excluding carboxylic acids is 2. The lowest BCUT2D eigenvalue weighted by molar-refractivity contribution is -0.345. The van der Waals surface area contributed by atoms with E-state index in [1.807, 2.05) is 6.92 Å². The Kier molecular flexibility index (Phi) is 6.01. The summed E-state index contributed by atoms with van der Waals surface area (Å²) in [5, 5.41) is 10.9. The van der Waals surface area contributed by atoms with Gasteiger partial charge in [0.15, 0.2) is 17.2 Å². The Balaban J connectivity index is 2.30. The Bertz CT molecular complexity index is 756. The molecule has 1 aromatic carbocycles. The third-order valence-electron chi connectivity index (χ3n) is 5.47. The second-order valence-corrected chi connectivity index (χ2v) is 7.92. The molecule has 1 fully saturated rings. The average Bonchev–Trinajstić information content (AvgIpc) is 3.02. The Labute approximate surface area is 161 Å². The van der Waals surface area contributed by atoms with E-state index in [0.717, 1.165) is 50.8 Å². The molecule has 0 saturated heterocycles. The first kappa shape index (κ1) is 22.0. The first-order valence-corrected chi connectivity index (χ1v) is 9.13. The fraction of sp³-hybridized carbons (Fsp3) is 0.600. The lowest BCUT2D eigenvalue weighted by Gasteiger charge is -2.40. The third-order valence-corrected chi connectivity index (χ3v) is 5.47. The molecule has 1 aromatic rings. The zero-order valence-corrected chi connectivity index (χ0v) is 16.3. The molecule has 0 aromatic heterocycles. The molecule has 0 bridgehead atoms. The number of carboxylic acid groups (broad SMARTS) is 1. The number of esters is 1. The predicted molar refractivity (Wildman–Crippen MR) is 92.5 cm³/mol. The smallest absolute Gasteiger partial charge is 0.339 e. The zero-order valence-electron chi connectivity index (χ0n) is 16.3. The number of hydrogen-bond acceptors (Lipinski definition) is 5. The maximum Gasteiger partial charge on any atom is 0.339 e. The second-order valence-electron chi connectivity index (χ2n) is 7.92. The van der Waals surface area contributed by atoms with Crippen molar-refractivity contribution in [2.24, 2.45) is 5.92 Å². The highest BCUT2D eigenvalue weighted by Gasteiger charge is 2.57. The fourth-order valence-electron chi connectivity index (χ4n) is 3.20. The van der Waals surface area contributed by atoms with Crippen LogP contribution in [-0.4, -0.2) is 29.1 Å². The predicted octanol–water partition coefficient (Wildman–Crippen LogP) is 3.49. The van der Waals surface area contributed by atoms with Gasteiger partial charge < -0.3 is 19.4 Å². The normalized spacial score (nSPS) is 18.6. The molecule has 0 amide bonds. The highest BCUT2D eigenvalue weighted by molar-refractivity contribution is 5.90. The number of rotatable bonds is 7. The van der Waals surface area contributed by atoms with Crippen LogP contribution in [0.3, 0.4) is 0 Å². The standard InChI is InChI=1S/C20H25F3O5/c1-12(2)19(4,20(22,23)17(25)26)28-16(24)13-7-8-14(21)15(11-13)27-18(3)9-5-6-10-18/h7-8,11-12H,5-6,9-10H2,1-4H3,(H,25,26)/p-1. The van der Waals surface area contributed by atoms with Gasteiger partial charge in [-0.3, -0.25) is 0 Å². The molecular weight excluding hydrogens is 377 g/mol. The number of halogens is 3. The zero-order chi connectivity index (χ0) is 21.3. The van der Waals surface area contributed by atoms with Gasteiger partial charge in [0, 0.05) is 0 Å². The van der Waals surface area contributed by atoms with Crippen molar-refractivity contribution in [1.29, 1.82) is 0 Å². The monoisotopic (exact) mass is 401 g/mol. The molecule has 2 rings (SSSR count). The van der Waals surface area contributed by atoms with Crippen LogP contribution in [0.25, 0.3) is 0 Å². The number of aliphatic carboxylic acids is 1. The largest absolute Gasteiger partial charge is 0.544 e. The van der Waals surface area contributed by atoms with E-state index in [2.05, 4.69) is 0 Å². The summed E-state index contributed by atoms with van der Waals surface area (Å²) in [6.45, 7) is 5.25. The summed E-state index contributed by atoms with van der Waals surface area (Å²) in [7, 11) is 0. The first-order chi connectivity index (χ1) is 12.8. The summed E-state index contributed by atoms with van der Waals surface area (Å²) in [5.74, 6) is -10.2. The van der Waals surface area contributed by atoms with E-state index in [0.29, 0.717) is 0 Å². The summed E-state index contributed by atoms with van der Waals surface area (Å²) < 4.78 is 53.1. The summed E-state index contributed by atoms with van der Waals surface area (Å²) in [5.41, 5.74) is -3.45. The minimum Gasteiger partial charge on any atom is -0.544 e. The van der Waals surface area contributed by atoms with Crippen LogP contribution in [-0.2, 0) is 9.53 Å². The van der Waals surface area contributed by atoms with Gasteiger partial charge in [-0.2, -0.15) is 8.78 Å². The maximum atomic E-state index is 14.2. The van der Waals surface area contributed by atoms with Crippen LogP contribution in [0.5, 0.6) is 5.75 Å². The molecule has 1 aliphatic rings. The summed E-state index contributed by atoms with van der Waals surface area (Å²) >= 11 is 0. The van der Waals surface area contributed by atoms with Crippen LogP contribution < -0.4 is 9.84 Å². The van der Waals surface area contributed by atoms with Crippen molar-refractivity contribution in [2.45, 2.75) is 70.5 Å². The quantitative estimate of drug-likeness (QED) is 0.654. The highest BCUT2D eigenvalue weighted by atomic mass is 19.3. The second kappa shape index (κ2) is 7.64. The van der Waals surface area contributed by atoms with Crippen molar-refractivity contribution in [2.75, 3.05) is 0 Å². The number of benzene rings is 1. The Hall–Kier alpha value is -2.25. The molecule has 156 valence electrons. The van der Waals surface area contributed by atoms with Crippen molar-refractivity contribution < 1.29 is 37.3 Å². The lowest BCUT2D eigenvalue weighted by Crippen LogP contribution is -2.61. The molecular formula is C20H24F3O5-. The Morgan fingerprint density at radius 3 is 2.29 bits per heavy atom. The third kappa shape index (κ3) is 4.10. The van der Waals surface area contributed by atoms with E-state index in [-0.39, 0.29) is 11.3 Å². The lowest BCUT2D eigenvalue weighted by atomic mass is 9.85. The molecule has 8 heteroatoms. The fourth-order valence-corrected chi connectivity index (χ4v) is 3.20. The molecule has 1 saturated carbocycles. The molecule has 0 radical (unpaired) electrons. The van der Waals surface area contributed by atoms with Crippen LogP contribution in [0.15, 0.2) is 18.2 Å². The van der Waals surface area contributed by atoms with E-state index in [1.54, 1.807) is 0 Å². The van der Waals surface area contributed by atoms with Crippen LogP contribution >= 0.6 is 0 Å².